The molecule has 0 aromatic heterocycles. The van der Waals surface area contributed by atoms with Gasteiger partial charge in [0.25, 0.3) is 0 Å². The van der Waals surface area contributed by atoms with Crippen LogP contribution in [0.4, 0.5) is 22.0 Å². The third kappa shape index (κ3) is 8.81. The second-order valence-corrected chi connectivity index (χ2v) is 8.88. The molecule has 3 rings (SSSR count). The summed E-state index contributed by atoms with van der Waals surface area (Å²) in [6, 6.07) is 17.8. The maximum Gasteiger partial charge on any atom is 0.409 e. The average molecular weight is 503 g/mol. The zero-order chi connectivity index (χ0) is 26.0. The van der Waals surface area contributed by atoms with Gasteiger partial charge in [-0.1, -0.05) is 75.4 Å². The fraction of sp³-hybridized carbons (Fsp3) is 0.333. The van der Waals surface area contributed by atoms with E-state index in [2.05, 4.69) is 31.2 Å². The third-order valence-electron chi connectivity index (χ3n) is 5.94. The van der Waals surface area contributed by atoms with Crippen molar-refractivity contribution < 1.29 is 26.7 Å². The van der Waals surface area contributed by atoms with Crippen LogP contribution in [-0.2, 0) is 13.0 Å². The first-order chi connectivity index (χ1) is 17.2. The number of aryl methyl sites for hydroxylation is 1. The topological polar surface area (TPSA) is 9.23 Å². The zero-order valence-electron chi connectivity index (χ0n) is 20.4. The average Bonchev–Trinajstić information content (AvgIpc) is 2.84. The van der Waals surface area contributed by atoms with Gasteiger partial charge < -0.3 is 4.74 Å². The van der Waals surface area contributed by atoms with Crippen LogP contribution < -0.4 is 4.74 Å². The Bertz CT molecular complexity index is 1090. The highest BCUT2D eigenvalue weighted by Crippen LogP contribution is 2.25. The van der Waals surface area contributed by atoms with Crippen LogP contribution >= 0.6 is 0 Å². The highest BCUT2D eigenvalue weighted by atomic mass is 19.4. The van der Waals surface area contributed by atoms with E-state index in [-0.39, 0.29) is 18.2 Å². The molecule has 0 heterocycles. The van der Waals surface area contributed by atoms with Crippen molar-refractivity contribution in [2.45, 2.75) is 64.7 Å². The molecular weight excluding hydrogens is 471 g/mol. The highest BCUT2D eigenvalue weighted by Gasteiger charge is 2.22. The van der Waals surface area contributed by atoms with E-state index >= 15 is 0 Å². The summed E-state index contributed by atoms with van der Waals surface area (Å²) in [6.07, 6.45) is 4.28. The van der Waals surface area contributed by atoms with Crippen LogP contribution in [0.2, 0.25) is 0 Å². The zero-order valence-corrected chi connectivity index (χ0v) is 20.4. The van der Waals surface area contributed by atoms with Crippen molar-refractivity contribution in [2.75, 3.05) is 0 Å². The standard InChI is InChI=1S/C30H31F5O/c1-2-3-4-5-6-7-8-22-9-11-24(12-10-22)25-13-15-26(16-14-25)36-21-23-19-28(31)27(29(32)20-23)17-18-30(33,34)35/h9-20H,2-8,21H2,1H3/b18-17+. The summed E-state index contributed by atoms with van der Waals surface area (Å²) >= 11 is 0. The molecule has 36 heavy (non-hydrogen) atoms. The quantitative estimate of drug-likeness (QED) is 0.177. The van der Waals surface area contributed by atoms with Gasteiger partial charge in [-0.25, -0.2) is 8.78 Å². The molecule has 3 aromatic rings. The van der Waals surface area contributed by atoms with Crippen LogP contribution in [0.15, 0.2) is 66.7 Å². The number of unbranched alkanes of at least 4 members (excludes halogenated alkanes) is 5. The smallest absolute Gasteiger partial charge is 0.409 e. The van der Waals surface area contributed by atoms with Crippen LogP contribution in [-0.4, -0.2) is 6.18 Å². The maximum absolute atomic E-state index is 14.1. The monoisotopic (exact) mass is 502 g/mol. The summed E-state index contributed by atoms with van der Waals surface area (Å²) in [5, 5.41) is 0. The number of alkyl halides is 3. The molecule has 0 radical (unpaired) electrons. The van der Waals surface area contributed by atoms with Gasteiger partial charge in [0.2, 0.25) is 0 Å². The first-order valence-corrected chi connectivity index (χ1v) is 12.3. The van der Waals surface area contributed by atoms with Gasteiger partial charge in [0.1, 0.15) is 24.0 Å². The van der Waals surface area contributed by atoms with Crippen molar-refractivity contribution in [3.63, 3.8) is 0 Å². The summed E-state index contributed by atoms with van der Waals surface area (Å²) < 4.78 is 70.7. The lowest BCUT2D eigenvalue weighted by molar-refractivity contribution is -0.0790. The SMILES string of the molecule is CCCCCCCCc1ccc(-c2ccc(OCc3cc(F)c(/C=C/C(F)(F)F)c(F)c3)cc2)cc1. The Hall–Kier alpha value is -3.15. The fourth-order valence-corrected chi connectivity index (χ4v) is 3.94. The van der Waals surface area contributed by atoms with Crippen molar-refractivity contribution in [3.05, 3.63) is 95.1 Å². The fourth-order valence-electron chi connectivity index (χ4n) is 3.94. The number of hydrogen-bond donors (Lipinski definition) is 0. The van der Waals surface area contributed by atoms with Gasteiger partial charge in [-0.15, -0.1) is 0 Å². The van der Waals surface area contributed by atoms with Gasteiger partial charge >= 0.3 is 6.18 Å². The van der Waals surface area contributed by atoms with Crippen LogP contribution in [0.25, 0.3) is 17.2 Å². The molecule has 0 amide bonds. The summed E-state index contributed by atoms with van der Waals surface area (Å²) in [7, 11) is 0. The van der Waals surface area contributed by atoms with E-state index in [1.807, 2.05) is 12.1 Å². The van der Waals surface area contributed by atoms with Gasteiger partial charge in [-0.2, -0.15) is 13.2 Å². The van der Waals surface area contributed by atoms with Gasteiger partial charge in [-0.3, -0.25) is 0 Å². The highest BCUT2D eigenvalue weighted by molar-refractivity contribution is 5.64. The van der Waals surface area contributed by atoms with Crippen molar-refractivity contribution in [1.82, 2.24) is 0 Å². The Kier molecular flexibility index (Phi) is 10.1. The molecule has 3 aromatic carbocycles. The molecule has 0 N–H and O–H groups in total. The van der Waals surface area contributed by atoms with Gasteiger partial charge in [-0.05, 0) is 65.4 Å². The number of ether oxygens (including phenoxy) is 1. The maximum atomic E-state index is 14.1. The van der Waals surface area contributed by atoms with Crippen molar-refractivity contribution in [3.8, 4) is 16.9 Å². The van der Waals surface area contributed by atoms with Gasteiger partial charge in [0.05, 0.1) is 0 Å². The second kappa shape index (κ2) is 13.2. The predicted molar refractivity (Wildman–Crippen MR) is 135 cm³/mol. The Balaban J connectivity index is 1.53. The summed E-state index contributed by atoms with van der Waals surface area (Å²) in [6.45, 7) is 2.10. The first-order valence-electron chi connectivity index (χ1n) is 12.3. The van der Waals surface area contributed by atoms with Crippen LogP contribution in [0.3, 0.4) is 0 Å². The molecule has 0 unspecified atom stereocenters. The molecule has 0 fully saturated rings. The van der Waals surface area contributed by atoms with Crippen LogP contribution in [0.5, 0.6) is 5.75 Å². The van der Waals surface area contributed by atoms with E-state index < -0.39 is 23.4 Å². The minimum atomic E-state index is -4.65. The number of halogens is 5. The Labute approximate surface area is 209 Å². The Morgan fingerprint density at radius 3 is 1.86 bits per heavy atom. The van der Waals surface area contributed by atoms with Gasteiger partial charge in [0, 0.05) is 11.6 Å². The van der Waals surface area contributed by atoms with Crippen LogP contribution in [0, 0.1) is 11.6 Å². The number of hydrogen-bond acceptors (Lipinski definition) is 1. The lowest BCUT2D eigenvalue weighted by atomic mass is 10.0. The molecule has 0 saturated carbocycles. The lowest BCUT2D eigenvalue weighted by Crippen LogP contribution is -2.02. The predicted octanol–water partition coefficient (Wildman–Crippen LogP) is 9.69. The summed E-state index contributed by atoms with van der Waals surface area (Å²) in [4.78, 5) is 0. The van der Waals surface area contributed by atoms with Crippen molar-refractivity contribution in [2.24, 2.45) is 0 Å². The molecule has 0 atom stereocenters. The minimum Gasteiger partial charge on any atom is -0.489 e. The van der Waals surface area contributed by atoms with E-state index in [4.69, 9.17) is 4.74 Å². The van der Waals surface area contributed by atoms with Crippen LogP contribution in [0.1, 0.15) is 62.1 Å². The normalized spacial score (nSPS) is 11.8. The Morgan fingerprint density at radius 2 is 1.28 bits per heavy atom. The molecular formula is C30H31F5O. The molecule has 0 bridgehead atoms. The van der Waals surface area contributed by atoms with E-state index in [9.17, 15) is 22.0 Å². The largest absolute Gasteiger partial charge is 0.489 e. The van der Waals surface area contributed by atoms with E-state index in [0.29, 0.717) is 11.8 Å². The van der Waals surface area contributed by atoms with Crippen molar-refractivity contribution in [1.29, 1.82) is 0 Å². The molecule has 192 valence electrons. The number of benzene rings is 3. The minimum absolute atomic E-state index is 0.121. The van der Waals surface area contributed by atoms with Gasteiger partial charge in [0.15, 0.2) is 0 Å². The first kappa shape index (κ1) is 27.4. The lowest BCUT2D eigenvalue weighted by Gasteiger charge is -2.10. The summed E-state index contributed by atoms with van der Waals surface area (Å²) in [5.74, 6) is -1.64. The third-order valence-corrected chi connectivity index (χ3v) is 5.94. The molecule has 0 aliphatic heterocycles. The summed E-state index contributed by atoms with van der Waals surface area (Å²) in [5.41, 5.74) is 2.87. The molecule has 6 heteroatoms. The molecule has 0 saturated heterocycles. The number of allylic oxidation sites excluding steroid dienone is 1. The second-order valence-electron chi connectivity index (χ2n) is 8.88. The molecule has 0 spiro atoms. The van der Waals surface area contributed by atoms with E-state index in [0.717, 1.165) is 29.7 Å². The van der Waals surface area contributed by atoms with E-state index in [1.165, 1.54) is 44.1 Å². The van der Waals surface area contributed by atoms with Crippen molar-refractivity contribution >= 4 is 6.08 Å². The molecule has 1 nitrogen and oxygen atoms in total. The number of rotatable bonds is 12. The molecule has 0 aliphatic carbocycles. The molecule has 0 aliphatic rings. The van der Waals surface area contributed by atoms with E-state index in [1.54, 1.807) is 12.1 Å². The Morgan fingerprint density at radius 1 is 0.722 bits per heavy atom.